The Balaban J connectivity index is 1.32. The molecular weight excluding hydrogens is 465 g/mol. The monoisotopic (exact) mass is 499 g/mol. The Kier molecular flexibility index (Phi) is 8.28. The predicted octanol–water partition coefficient (Wildman–Crippen LogP) is 3.24. The number of benzene rings is 1. The zero-order chi connectivity index (χ0) is 25.7. The van der Waals surface area contributed by atoms with E-state index in [0.717, 1.165) is 25.7 Å². The van der Waals surface area contributed by atoms with Crippen molar-refractivity contribution in [3.8, 4) is 0 Å². The molecule has 0 spiro atoms. The van der Waals surface area contributed by atoms with E-state index in [1.807, 2.05) is 4.90 Å². The molecule has 2 saturated heterocycles. The first kappa shape index (κ1) is 25.7. The minimum Gasteiger partial charge on any atom is -0.442 e. The Labute approximate surface area is 211 Å². The third-order valence-electron chi connectivity index (χ3n) is 7.38. The summed E-state index contributed by atoms with van der Waals surface area (Å²) in [5.74, 6) is -0.873. The van der Waals surface area contributed by atoms with E-state index in [-0.39, 0.29) is 36.9 Å². The molecule has 2 heterocycles. The maximum Gasteiger partial charge on any atom is 0.414 e. The standard InChI is InChI=1S/C26H34FN5O4/c1-17(33)29-15-21-16-32(26(35)36-21)20-8-9-23(22(27)14-20)31-12-10-18(11-13-31)24(28-2)25(34)30-19-6-4-3-5-7-19/h8-9,14,18-19,21,24H,3-7,10-13,15-16H2,1H3,(H,29,33)(H,30,34)/t21-,24?/m0/s1. The summed E-state index contributed by atoms with van der Waals surface area (Å²) < 4.78 is 20.3. The summed E-state index contributed by atoms with van der Waals surface area (Å²) in [4.78, 5) is 43.1. The number of cyclic esters (lactones) is 1. The molecule has 3 aliphatic rings. The number of nitrogens with one attached hydrogen (secondary N) is 2. The molecule has 2 aliphatic heterocycles. The van der Waals surface area contributed by atoms with Crippen LogP contribution in [-0.4, -0.2) is 62.3 Å². The number of hydrogen-bond donors (Lipinski definition) is 2. The van der Waals surface area contributed by atoms with Gasteiger partial charge in [0.1, 0.15) is 11.9 Å². The fourth-order valence-electron chi connectivity index (χ4n) is 5.38. The lowest BCUT2D eigenvalue weighted by Crippen LogP contribution is -2.46. The highest BCUT2D eigenvalue weighted by atomic mass is 19.1. The lowest BCUT2D eigenvalue weighted by atomic mass is 9.88. The number of ether oxygens (including phenoxy) is 1. The minimum atomic E-state index is -0.701. The third-order valence-corrected chi connectivity index (χ3v) is 7.38. The van der Waals surface area contributed by atoms with Crippen LogP contribution in [0.15, 0.2) is 18.2 Å². The van der Waals surface area contributed by atoms with Gasteiger partial charge in [-0.15, -0.1) is 0 Å². The molecule has 36 heavy (non-hydrogen) atoms. The van der Waals surface area contributed by atoms with Crippen molar-refractivity contribution in [2.24, 2.45) is 5.92 Å². The van der Waals surface area contributed by atoms with Crippen molar-refractivity contribution in [3.63, 3.8) is 0 Å². The van der Waals surface area contributed by atoms with Gasteiger partial charge < -0.3 is 25.1 Å². The van der Waals surface area contributed by atoms with Crippen molar-refractivity contribution in [2.45, 2.75) is 70.1 Å². The molecule has 1 unspecified atom stereocenters. The predicted molar refractivity (Wildman–Crippen MR) is 133 cm³/mol. The lowest BCUT2D eigenvalue weighted by Gasteiger charge is -2.34. The van der Waals surface area contributed by atoms with E-state index in [1.165, 1.54) is 24.3 Å². The van der Waals surface area contributed by atoms with Crippen LogP contribution in [0.3, 0.4) is 0 Å². The van der Waals surface area contributed by atoms with Crippen LogP contribution >= 0.6 is 0 Å². The zero-order valence-electron chi connectivity index (χ0n) is 20.7. The number of halogens is 1. The molecule has 0 aromatic heterocycles. The van der Waals surface area contributed by atoms with Gasteiger partial charge in [-0.05, 0) is 43.9 Å². The molecule has 4 rings (SSSR count). The van der Waals surface area contributed by atoms with Crippen LogP contribution in [-0.2, 0) is 14.3 Å². The molecule has 2 atom stereocenters. The van der Waals surface area contributed by atoms with Crippen LogP contribution in [0.2, 0.25) is 0 Å². The van der Waals surface area contributed by atoms with Gasteiger partial charge in [-0.3, -0.25) is 14.5 Å². The van der Waals surface area contributed by atoms with E-state index in [1.54, 1.807) is 12.1 Å². The van der Waals surface area contributed by atoms with Gasteiger partial charge in [0, 0.05) is 32.0 Å². The van der Waals surface area contributed by atoms with Gasteiger partial charge in [-0.25, -0.2) is 15.8 Å². The smallest absolute Gasteiger partial charge is 0.414 e. The first-order valence-electron chi connectivity index (χ1n) is 12.8. The number of piperidine rings is 1. The topological polar surface area (TPSA) is 95.3 Å². The molecule has 0 bridgehead atoms. The molecule has 10 heteroatoms. The van der Waals surface area contributed by atoms with E-state index in [9.17, 15) is 14.4 Å². The number of amides is 3. The second-order valence-corrected chi connectivity index (χ2v) is 9.93. The van der Waals surface area contributed by atoms with Gasteiger partial charge in [0.15, 0.2) is 0 Å². The van der Waals surface area contributed by atoms with Crippen molar-refractivity contribution < 1.29 is 23.5 Å². The maximum absolute atomic E-state index is 15.1. The van der Waals surface area contributed by atoms with E-state index in [0.29, 0.717) is 37.3 Å². The van der Waals surface area contributed by atoms with Crippen LogP contribution in [0.4, 0.5) is 20.6 Å². The number of carbonyl (C=O) groups is 3. The van der Waals surface area contributed by atoms with Gasteiger partial charge in [0.05, 0.1) is 24.5 Å². The highest BCUT2D eigenvalue weighted by Crippen LogP contribution is 2.32. The molecular formula is C26H34FN5O4. The Morgan fingerprint density at radius 1 is 1.19 bits per heavy atom. The van der Waals surface area contributed by atoms with E-state index in [4.69, 9.17) is 11.3 Å². The molecule has 3 amide bonds. The Morgan fingerprint density at radius 2 is 1.92 bits per heavy atom. The summed E-state index contributed by atoms with van der Waals surface area (Å²) >= 11 is 0. The van der Waals surface area contributed by atoms with Crippen molar-refractivity contribution in [1.29, 1.82) is 0 Å². The highest BCUT2D eigenvalue weighted by Gasteiger charge is 2.38. The Morgan fingerprint density at radius 3 is 2.56 bits per heavy atom. The summed E-state index contributed by atoms with van der Waals surface area (Å²) in [5, 5.41) is 5.70. The summed E-state index contributed by atoms with van der Waals surface area (Å²) in [6.07, 6.45) is 5.61. The summed E-state index contributed by atoms with van der Waals surface area (Å²) in [5.41, 5.74) is 0.833. The minimum absolute atomic E-state index is 0.0513. The van der Waals surface area contributed by atoms with Gasteiger partial charge in [0.2, 0.25) is 5.91 Å². The third kappa shape index (κ3) is 6.07. The fourth-order valence-corrected chi connectivity index (χ4v) is 5.38. The number of nitrogens with zero attached hydrogens (tertiary/aromatic N) is 3. The SMILES string of the molecule is [C-]#[N+]C(C(=O)NC1CCCCC1)C1CCN(c2ccc(N3C[C@H](CNC(C)=O)OC3=O)cc2F)CC1. The number of anilines is 2. The Hall–Kier alpha value is -3.35. The van der Waals surface area contributed by atoms with Gasteiger partial charge in [-0.2, -0.15) is 0 Å². The summed E-state index contributed by atoms with van der Waals surface area (Å²) in [6.45, 7) is 10.5. The average molecular weight is 500 g/mol. The van der Waals surface area contributed by atoms with Crippen molar-refractivity contribution >= 4 is 29.3 Å². The van der Waals surface area contributed by atoms with Crippen LogP contribution in [0.1, 0.15) is 51.9 Å². The van der Waals surface area contributed by atoms with E-state index < -0.39 is 24.1 Å². The van der Waals surface area contributed by atoms with Crippen LogP contribution in [0, 0.1) is 18.3 Å². The van der Waals surface area contributed by atoms with Crippen molar-refractivity contribution in [1.82, 2.24) is 10.6 Å². The van der Waals surface area contributed by atoms with Crippen LogP contribution in [0.25, 0.3) is 4.85 Å². The summed E-state index contributed by atoms with van der Waals surface area (Å²) in [7, 11) is 0. The van der Waals surface area contributed by atoms with E-state index in [2.05, 4.69) is 15.5 Å². The van der Waals surface area contributed by atoms with E-state index >= 15 is 4.39 Å². The van der Waals surface area contributed by atoms with Crippen LogP contribution in [0.5, 0.6) is 0 Å². The number of hydrogen-bond acceptors (Lipinski definition) is 5. The number of carbonyl (C=O) groups excluding carboxylic acids is 3. The van der Waals surface area contributed by atoms with Crippen LogP contribution < -0.4 is 20.4 Å². The number of rotatable bonds is 7. The molecule has 1 saturated carbocycles. The lowest BCUT2D eigenvalue weighted by molar-refractivity contribution is -0.123. The van der Waals surface area contributed by atoms with Crippen molar-refractivity contribution in [2.75, 3.05) is 36.0 Å². The average Bonchev–Trinajstić information content (AvgIpc) is 3.25. The summed E-state index contributed by atoms with van der Waals surface area (Å²) in [6, 6.07) is 4.14. The Bertz CT molecular complexity index is 1010. The molecule has 1 aliphatic carbocycles. The zero-order valence-corrected chi connectivity index (χ0v) is 20.7. The molecule has 1 aromatic rings. The normalized spacial score (nSPS) is 22.0. The second-order valence-electron chi connectivity index (χ2n) is 9.93. The fraction of sp³-hybridized carbons (Fsp3) is 0.615. The molecule has 9 nitrogen and oxygen atoms in total. The van der Waals surface area contributed by atoms with Gasteiger partial charge >= 0.3 is 18.0 Å². The first-order valence-corrected chi connectivity index (χ1v) is 12.8. The second kappa shape index (κ2) is 11.6. The van der Waals surface area contributed by atoms with Crippen molar-refractivity contribution in [3.05, 3.63) is 35.4 Å². The largest absolute Gasteiger partial charge is 0.442 e. The highest BCUT2D eigenvalue weighted by molar-refractivity contribution is 5.90. The van der Waals surface area contributed by atoms with Gasteiger partial charge in [0.25, 0.3) is 0 Å². The van der Waals surface area contributed by atoms with Gasteiger partial charge in [-0.1, -0.05) is 19.3 Å². The molecule has 2 N–H and O–H groups in total. The molecule has 1 aromatic carbocycles. The maximum atomic E-state index is 15.1. The first-order chi connectivity index (χ1) is 17.4. The quantitative estimate of drug-likeness (QED) is 0.562. The molecule has 3 fully saturated rings. The molecule has 194 valence electrons. The molecule has 0 radical (unpaired) electrons.